The molecule has 2 atom stereocenters. The summed E-state index contributed by atoms with van der Waals surface area (Å²) >= 11 is 3.44. The van der Waals surface area contributed by atoms with Gasteiger partial charge in [-0.05, 0) is 58.9 Å². The summed E-state index contributed by atoms with van der Waals surface area (Å²) in [5, 5.41) is 3.53. The van der Waals surface area contributed by atoms with Crippen LogP contribution < -0.4 is 5.32 Å². The topological polar surface area (TPSA) is 24.9 Å². The number of nitrogens with one attached hydrogen (secondary N) is 1. The van der Waals surface area contributed by atoms with Crippen LogP contribution >= 0.6 is 15.9 Å². The first-order valence-electron chi connectivity index (χ1n) is 6.39. The summed E-state index contributed by atoms with van der Waals surface area (Å²) < 4.78 is 1.06. The minimum absolute atomic E-state index is 0.390. The second-order valence-corrected chi connectivity index (χ2v) is 6.43. The lowest BCUT2D eigenvalue weighted by Crippen LogP contribution is -2.19. The molecule has 1 fully saturated rings. The van der Waals surface area contributed by atoms with Crippen LogP contribution in [-0.4, -0.2) is 18.1 Å². The van der Waals surface area contributed by atoms with Crippen molar-refractivity contribution in [3.8, 4) is 0 Å². The molecular weight excluding hydrogens is 276 g/mol. The predicted molar refractivity (Wildman–Crippen MR) is 75.1 cm³/mol. The van der Waals surface area contributed by atoms with Crippen molar-refractivity contribution in [2.24, 2.45) is 11.3 Å². The van der Waals surface area contributed by atoms with Crippen molar-refractivity contribution in [2.75, 3.05) is 13.1 Å². The Balaban J connectivity index is 2.00. The molecule has 0 saturated heterocycles. The van der Waals surface area contributed by atoms with Crippen molar-refractivity contribution in [3.05, 3.63) is 28.5 Å². The van der Waals surface area contributed by atoms with Crippen LogP contribution in [0.25, 0.3) is 0 Å². The van der Waals surface area contributed by atoms with Gasteiger partial charge < -0.3 is 5.32 Å². The van der Waals surface area contributed by atoms with E-state index >= 15 is 0 Å². The van der Waals surface area contributed by atoms with Crippen molar-refractivity contribution >= 4 is 15.9 Å². The second kappa shape index (κ2) is 5.07. The minimum atomic E-state index is 0.390. The Bertz CT molecular complexity index is 372. The third-order valence-corrected chi connectivity index (χ3v) is 4.38. The number of hydrogen-bond acceptors (Lipinski definition) is 2. The maximum Gasteiger partial charge on any atom is 0.0444 e. The van der Waals surface area contributed by atoms with Crippen LogP contribution in [0.15, 0.2) is 22.8 Å². The number of nitrogens with zero attached hydrogens (tertiary/aromatic N) is 1. The molecule has 0 bridgehead atoms. The van der Waals surface area contributed by atoms with Gasteiger partial charge in [-0.25, -0.2) is 0 Å². The summed E-state index contributed by atoms with van der Waals surface area (Å²) in [5.41, 5.74) is 1.63. The highest BCUT2D eigenvalue weighted by Gasteiger charge is 2.58. The highest BCUT2D eigenvalue weighted by Crippen LogP contribution is 2.63. The fourth-order valence-electron chi connectivity index (χ4n) is 2.72. The number of halogens is 1. The van der Waals surface area contributed by atoms with Crippen molar-refractivity contribution < 1.29 is 0 Å². The molecule has 2 unspecified atom stereocenters. The molecular formula is C14H21BrN2. The number of rotatable bonds is 5. The lowest BCUT2D eigenvalue weighted by molar-refractivity contribution is 0.518. The molecule has 1 aromatic rings. The monoisotopic (exact) mass is 296 g/mol. The Kier molecular flexibility index (Phi) is 3.88. The van der Waals surface area contributed by atoms with Crippen molar-refractivity contribution in [2.45, 2.75) is 33.1 Å². The van der Waals surface area contributed by atoms with Gasteiger partial charge in [-0.1, -0.05) is 20.8 Å². The first-order valence-corrected chi connectivity index (χ1v) is 7.18. The van der Waals surface area contributed by atoms with E-state index in [1.165, 1.54) is 12.1 Å². The van der Waals surface area contributed by atoms with Gasteiger partial charge in [0.1, 0.15) is 0 Å². The van der Waals surface area contributed by atoms with E-state index < -0.39 is 0 Å². The van der Waals surface area contributed by atoms with Gasteiger partial charge in [0.15, 0.2) is 0 Å². The van der Waals surface area contributed by atoms with E-state index in [0.29, 0.717) is 11.3 Å². The number of aromatic nitrogens is 1. The SMILES string of the molecule is CCCNCC1C(c2ccc(Br)cn2)C1(C)C. The molecule has 1 heterocycles. The lowest BCUT2D eigenvalue weighted by Gasteiger charge is -2.03. The highest BCUT2D eigenvalue weighted by atomic mass is 79.9. The van der Waals surface area contributed by atoms with Gasteiger partial charge >= 0.3 is 0 Å². The van der Waals surface area contributed by atoms with Crippen molar-refractivity contribution in [1.29, 1.82) is 0 Å². The maximum atomic E-state index is 4.54. The Morgan fingerprint density at radius 1 is 1.41 bits per heavy atom. The molecule has 3 heteroatoms. The third kappa shape index (κ3) is 2.71. The Morgan fingerprint density at radius 3 is 2.76 bits per heavy atom. The smallest absolute Gasteiger partial charge is 0.0444 e. The van der Waals surface area contributed by atoms with Crippen LogP contribution in [0.3, 0.4) is 0 Å². The van der Waals surface area contributed by atoms with Crippen LogP contribution in [0.1, 0.15) is 38.8 Å². The zero-order valence-corrected chi connectivity index (χ0v) is 12.4. The van der Waals surface area contributed by atoms with E-state index in [4.69, 9.17) is 0 Å². The largest absolute Gasteiger partial charge is 0.316 e. The minimum Gasteiger partial charge on any atom is -0.316 e. The van der Waals surface area contributed by atoms with Crippen LogP contribution in [-0.2, 0) is 0 Å². The molecule has 1 aliphatic carbocycles. The summed E-state index contributed by atoms with van der Waals surface area (Å²) in [6.45, 7) is 9.13. The van der Waals surface area contributed by atoms with Crippen molar-refractivity contribution in [3.63, 3.8) is 0 Å². The zero-order valence-electron chi connectivity index (χ0n) is 10.8. The van der Waals surface area contributed by atoms with E-state index in [9.17, 15) is 0 Å². The molecule has 1 N–H and O–H groups in total. The average molecular weight is 297 g/mol. The molecule has 1 aromatic heterocycles. The van der Waals surface area contributed by atoms with Gasteiger partial charge in [0.2, 0.25) is 0 Å². The molecule has 2 rings (SSSR count). The highest BCUT2D eigenvalue weighted by molar-refractivity contribution is 9.10. The van der Waals surface area contributed by atoms with Crippen LogP contribution in [0.2, 0.25) is 0 Å². The Hall–Kier alpha value is -0.410. The van der Waals surface area contributed by atoms with E-state index in [1.54, 1.807) is 0 Å². The standard InChI is InChI=1S/C14H21BrN2/c1-4-7-16-9-11-13(14(11,2)3)12-6-5-10(15)8-17-12/h5-6,8,11,13,16H,4,7,9H2,1-3H3. The normalized spacial score (nSPS) is 25.9. The van der Waals surface area contributed by atoms with Gasteiger partial charge in [0.25, 0.3) is 0 Å². The molecule has 0 radical (unpaired) electrons. The third-order valence-electron chi connectivity index (χ3n) is 3.91. The summed E-state index contributed by atoms with van der Waals surface area (Å²) in [6, 6.07) is 4.24. The van der Waals surface area contributed by atoms with Crippen LogP contribution in [0.5, 0.6) is 0 Å². The molecule has 1 aliphatic rings. The predicted octanol–water partition coefficient (Wildman–Crippen LogP) is 3.58. The summed E-state index contributed by atoms with van der Waals surface area (Å²) in [6.07, 6.45) is 3.11. The summed E-state index contributed by atoms with van der Waals surface area (Å²) in [5.74, 6) is 1.34. The van der Waals surface area contributed by atoms with Crippen LogP contribution in [0.4, 0.5) is 0 Å². The Morgan fingerprint density at radius 2 is 2.18 bits per heavy atom. The quantitative estimate of drug-likeness (QED) is 0.840. The Labute approximate surface area is 112 Å². The summed E-state index contributed by atoms with van der Waals surface area (Å²) in [7, 11) is 0. The number of hydrogen-bond donors (Lipinski definition) is 1. The zero-order chi connectivity index (χ0) is 12.5. The van der Waals surface area contributed by atoms with E-state index in [-0.39, 0.29) is 0 Å². The fourth-order valence-corrected chi connectivity index (χ4v) is 2.95. The molecule has 0 aliphatic heterocycles. The average Bonchev–Trinajstić information content (AvgIpc) is 2.83. The van der Waals surface area contributed by atoms with Gasteiger partial charge in [-0.15, -0.1) is 0 Å². The molecule has 0 amide bonds. The summed E-state index contributed by atoms with van der Waals surface area (Å²) in [4.78, 5) is 4.54. The molecule has 1 saturated carbocycles. The molecule has 17 heavy (non-hydrogen) atoms. The molecule has 0 spiro atoms. The first-order chi connectivity index (χ1) is 8.07. The maximum absolute atomic E-state index is 4.54. The molecule has 0 aromatic carbocycles. The van der Waals surface area contributed by atoms with E-state index in [1.807, 2.05) is 6.20 Å². The van der Waals surface area contributed by atoms with Gasteiger partial charge in [-0.3, -0.25) is 4.98 Å². The fraction of sp³-hybridized carbons (Fsp3) is 0.643. The van der Waals surface area contributed by atoms with Gasteiger partial charge in [0.05, 0.1) is 0 Å². The number of pyridine rings is 1. The molecule has 94 valence electrons. The van der Waals surface area contributed by atoms with Gasteiger partial charge in [-0.2, -0.15) is 0 Å². The van der Waals surface area contributed by atoms with Crippen LogP contribution in [0, 0.1) is 11.3 Å². The van der Waals surface area contributed by atoms with Crippen molar-refractivity contribution in [1.82, 2.24) is 10.3 Å². The molecule has 2 nitrogen and oxygen atoms in total. The van der Waals surface area contributed by atoms with E-state index in [2.05, 4.69) is 59.1 Å². The first kappa shape index (κ1) is 13.0. The lowest BCUT2D eigenvalue weighted by atomic mass is 10.1. The second-order valence-electron chi connectivity index (χ2n) is 5.51. The van der Waals surface area contributed by atoms with E-state index in [0.717, 1.165) is 23.5 Å². The van der Waals surface area contributed by atoms with Gasteiger partial charge in [0, 0.05) is 22.3 Å².